The van der Waals surface area contributed by atoms with Crippen LogP contribution in [0.25, 0.3) is 10.2 Å². The van der Waals surface area contributed by atoms with Crippen molar-refractivity contribution in [3.8, 4) is 0 Å². The molecule has 4 nitrogen and oxygen atoms in total. The van der Waals surface area contributed by atoms with E-state index in [0.717, 1.165) is 36.5 Å². The minimum Gasteiger partial charge on any atom is -0.481 e. The molecule has 0 saturated carbocycles. The molecular formula is C16H20N2O2S. The first-order valence-corrected chi connectivity index (χ1v) is 8.26. The van der Waals surface area contributed by atoms with Crippen molar-refractivity contribution in [1.29, 1.82) is 0 Å². The number of fused-ring (bicyclic) bond motifs is 1. The number of carboxylic acid groups (broad SMARTS) is 1. The average molecular weight is 304 g/mol. The molecule has 1 fully saturated rings. The number of carboxylic acids is 1. The van der Waals surface area contributed by atoms with E-state index in [1.807, 2.05) is 18.2 Å². The van der Waals surface area contributed by atoms with E-state index in [1.165, 1.54) is 4.70 Å². The third kappa shape index (κ3) is 3.24. The van der Waals surface area contributed by atoms with E-state index in [0.29, 0.717) is 0 Å². The Hall–Kier alpha value is -1.46. The second-order valence-corrected chi connectivity index (χ2v) is 6.86. The van der Waals surface area contributed by atoms with Gasteiger partial charge >= 0.3 is 5.97 Å². The molecule has 0 amide bonds. The lowest BCUT2D eigenvalue weighted by Crippen LogP contribution is -2.37. The van der Waals surface area contributed by atoms with Gasteiger partial charge in [0.05, 0.1) is 16.3 Å². The minimum atomic E-state index is -0.686. The zero-order valence-corrected chi connectivity index (χ0v) is 13.0. The second kappa shape index (κ2) is 6.12. The van der Waals surface area contributed by atoms with Gasteiger partial charge in [0.15, 0.2) is 0 Å². The first kappa shape index (κ1) is 14.5. The Morgan fingerprint density at radius 2 is 2.33 bits per heavy atom. The maximum atomic E-state index is 10.9. The number of aromatic nitrogens is 1. The Balaban J connectivity index is 1.74. The zero-order valence-electron chi connectivity index (χ0n) is 12.2. The van der Waals surface area contributed by atoms with Crippen molar-refractivity contribution in [3.05, 3.63) is 29.3 Å². The summed E-state index contributed by atoms with van der Waals surface area (Å²) in [6.07, 6.45) is 2.38. The lowest BCUT2D eigenvalue weighted by molar-refractivity contribution is -0.138. The molecule has 5 heteroatoms. The molecule has 0 bridgehead atoms. The van der Waals surface area contributed by atoms with Crippen molar-refractivity contribution in [2.24, 2.45) is 5.92 Å². The number of para-hydroxylation sites is 1. The van der Waals surface area contributed by atoms with Gasteiger partial charge in [-0.15, -0.1) is 11.3 Å². The third-order valence-electron chi connectivity index (χ3n) is 4.23. The van der Waals surface area contributed by atoms with E-state index in [2.05, 4.69) is 17.9 Å². The SMILES string of the molecule is CC(c1nc2ccccc2s1)N1CCCC(CC(=O)O)C1. The standard InChI is InChI=1S/C16H20N2O2S/c1-11(16-17-13-6-2-3-7-14(13)21-16)18-8-4-5-12(10-18)9-15(19)20/h2-3,6-7,11-12H,4-5,8-10H2,1H3,(H,19,20). The Morgan fingerprint density at radius 3 is 3.10 bits per heavy atom. The average Bonchev–Trinajstić information content (AvgIpc) is 2.90. The summed E-state index contributed by atoms with van der Waals surface area (Å²) in [6.45, 7) is 4.08. The van der Waals surface area contributed by atoms with Gasteiger partial charge in [-0.1, -0.05) is 12.1 Å². The Kier molecular flexibility index (Phi) is 4.22. The van der Waals surface area contributed by atoms with Crippen LogP contribution in [0.2, 0.25) is 0 Å². The molecule has 0 spiro atoms. The van der Waals surface area contributed by atoms with E-state index in [1.54, 1.807) is 11.3 Å². The quantitative estimate of drug-likeness (QED) is 0.938. The third-order valence-corrected chi connectivity index (χ3v) is 5.44. The molecule has 1 aliphatic rings. The van der Waals surface area contributed by atoms with Crippen LogP contribution in [0.5, 0.6) is 0 Å². The van der Waals surface area contributed by atoms with Crippen LogP contribution in [0.3, 0.4) is 0 Å². The van der Waals surface area contributed by atoms with Gasteiger partial charge in [0.2, 0.25) is 0 Å². The first-order chi connectivity index (χ1) is 10.1. The van der Waals surface area contributed by atoms with Gasteiger partial charge in [0.25, 0.3) is 0 Å². The summed E-state index contributed by atoms with van der Waals surface area (Å²) in [5.41, 5.74) is 1.06. The fourth-order valence-corrected chi connectivity index (χ4v) is 4.14. The van der Waals surface area contributed by atoms with E-state index in [9.17, 15) is 4.79 Å². The molecule has 1 aliphatic heterocycles. The van der Waals surface area contributed by atoms with E-state index < -0.39 is 5.97 Å². The van der Waals surface area contributed by atoms with E-state index in [4.69, 9.17) is 10.1 Å². The number of carbonyl (C=O) groups is 1. The minimum absolute atomic E-state index is 0.263. The van der Waals surface area contributed by atoms with Gasteiger partial charge in [0, 0.05) is 13.0 Å². The smallest absolute Gasteiger partial charge is 0.303 e. The summed E-state index contributed by atoms with van der Waals surface area (Å²) in [5.74, 6) is -0.414. The fraction of sp³-hybridized carbons (Fsp3) is 0.500. The van der Waals surface area contributed by atoms with Crippen molar-refractivity contribution in [2.45, 2.75) is 32.2 Å². The number of piperidine rings is 1. The highest BCUT2D eigenvalue weighted by Crippen LogP contribution is 2.32. The maximum Gasteiger partial charge on any atom is 0.303 e. The van der Waals surface area contributed by atoms with Crippen LogP contribution < -0.4 is 0 Å². The monoisotopic (exact) mass is 304 g/mol. The van der Waals surface area contributed by atoms with Gasteiger partial charge in [-0.25, -0.2) is 4.98 Å². The summed E-state index contributed by atoms with van der Waals surface area (Å²) < 4.78 is 1.22. The van der Waals surface area contributed by atoms with Crippen molar-refractivity contribution >= 4 is 27.5 Å². The second-order valence-electron chi connectivity index (χ2n) is 5.80. The molecule has 112 valence electrons. The molecule has 1 aromatic carbocycles. The summed E-state index contributed by atoms with van der Waals surface area (Å²) in [6, 6.07) is 8.47. The number of rotatable bonds is 4. The van der Waals surface area contributed by atoms with Crippen molar-refractivity contribution in [2.75, 3.05) is 13.1 Å². The Bertz CT molecular complexity index is 607. The largest absolute Gasteiger partial charge is 0.481 e. The van der Waals surface area contributed by atoms with E-state index in [-0.39, 0.29) is 18.4 Å². The molecule has 2 aromatic rings. The predicted molar refractivity (Wildman–Crippen MR) is 84.6 cm³/mol. The summed E-state index contributed by atoms with van der Waals surface area (Å²) >= 11 is 1.75. The number of nitrogens with zero attached hydrogens (tertiary/aromatic N) is 2. The molecule has 1 saturated heterocycles. The number of hydrogen-bond acceptors (Lipinski definition) is 4. The molecule has 3 rings (SSSR count). The number of thiazole rings is 1. The normalized spacial score (nSPS) is 21.5. The number of likely N-dealkylation sites (tertiary alicyclic amines) is 1. The highest BCUT2D eigenvalue weighted by Gasteiger charge is 2.27. The molecule has 2 atom stereocenters. The molecular weight excluding hydrogens is 284 g/mol. The number of hydrogen-bond donors (Lipinski definition) is 1. The van der Waals surface area contributed by atoms with Crippen LogP contribution in [0.4, 0.5) is 0 Å². The fourth-order valence-electron chi connectivity index (χ4n) is 3.09. The van der Waals surface area contributed by atoms with E-state index >= 15 is 0 Å². The number of benzene rings is 1. The first-order valence-electron chi connectivity index (χ1n) is 7.45. The van der Waals surface area contributed by atoms with Crippen LogP contribution >= 0.6 is 11.3 Å². The van der Waals surface area contributed by atoms with Crippen molar-refractivity contribution in [1.82, 2.24) is 9.88 Å². The van der Waals surface area contributed by atoms with Crippen molar-refractivity contribution in [3.63, 3.8) is 0 Å². The molecule has 0 aliphatic carbocycles. The van der Waals surface area contributed by atoms with Gasteiger partial charge < -0.3 is 5.11 Å². The topological polar surface area (TPSA) is 53.4 Å². The Labute approximate surface area is 128 Å². The molecule has 2 heterocycles. The van der Waals surface area contributed by atoms with Gasteiger partial charge in [-0.05, 0) is 44.4 Å². The molecule has 0 radical (unpaired) electrons. The highest BCUT2D eigenvalue weighted by molar-refractivity contribution is 7.18. The van der Waals surface area contributed by atoms with Gasteiger partial charge in [-0.2, -0.15) is 0 Å². The number of aliphatic carboxylic acids is 1. The van der Waals surface area contributed by atoms with Gasteiger partial charge in [0.1, 0.15) is 5.01 Å². The van der Waals surface area contributed by atoms with Crippen LogP contribution in [0.15, 0.2) is 24.3 Å². The summed E-state index contributed by atoms with van der Waals surface area (Å²) in [5, 5.41) is 10.1. The van der Waals surface area contributed by atoms with Crippen molar-refractivity contribution < 1.29 is 9.90 Å². The van der Waals surface area contributed by atoms with Crippen LogP contribution in [-0.2, 0) is 4.79 Å². The molecule has 21 heavy (non-hydrogen) atoms. The molecule has 1 aromatic heterocycles. The highest BCUT2D eigenvalue weighted by atomic mass is 32.1. The predicted octanol–water partition coefficient (Wildman–Crippen LogP) is 3.54. The summed E-state index contributed by atoms with van der Waals surface area (Å²) in [4.78, 5) is 18.0. The van der Waals surface area contributed by atoms with Gasteiger partial charge in [-0.3, -0.25) is 9.69 Å². The lowest BCUT2D eigenvalue weighted by Gasteiger charge is -2.35. The molecule has 2 unspecified atom stereocenters. The van der Waals surface area contributed by atoms with Crippen LogP contribution in [0.1, 0.15) is 37.2 Å². The van der Waals surface area contributed by atoms with Crippen LogP contribution in [0, 0.1) is 5.92 Å². The maximum absolute atomic E-state index is 10.9. The molecule has 1 N–H and O–H groups in total. The zero-order chi connectivity index (χ0) is 14.8. The Morgan fingerprint density at radius 1 is 1.52 bits per heavy atom. The summed E-state index contributed by atoms with van der Waals surface area (Å²) in [7, 11) is 0. The van der Waals surface area contributed by atoms with Crippen LogP contribution in [-0.4, -0.2) is 34.0 Å². The lowest BCUT2D eigenvalue weighted by atomic mass is 9.94.